The maximum absolute atomic E-state index is 14.0. The number of benzene rings is 2. The number of nitrogens with two attached hydrogens (primary N) is 1. The van der Waals surface area contributed by atoms with Gasteiger partial charge in [-0.25, -0.2) is 4.99 Å². The average molecular weight is 536 g/mol. The number of pyridine rings is 1. The van der Waals surface area contributed by atoms with Gasteiger partial charge >= 0.3 is 0 Å². The Morgan fingerprint density at radius 3 is 2.59 bits per heavy atom. The summed E-state index contributed by atoms with van der Waals surface area (Å²) in [5.41, 5.74) is 5.79. The molecule has 1 aliphatic heterocycles. The monoisotopic (exact) mass is 535 g/mol. The molecule has 3 heterocycles. The van der Waals surface area contributed by atoms with Crippen LogP contribution in [0.3, 0.4) is 0 Å². The summed E-state index contributed by atoms with van der Waals surface area (Å²) in [5, 5.41) is 23.8. The molecule has 37 heavy (non-hydrogen) atoms. The number of carbonyl (C=O) groups excluding carboxylic acids is 2. The minimum absolute atomic E-state index is 0.137. The number of aromatic hydroxyl groups is 1. The third-order valence-corrected chi connectivity index (χ3v) is 7.79. The van der Waals surface area contributed by atoms with Crippen LogP contribution in [0.25, 0.3) is 10.9 Å². The minimum Gasteiger partial charge on any atom is -0.505 e. The number of aliphatic hydroxyl groups excluding tert-OH is 1. The number of carbonyl (C=O) groups is 2. The fourth-order valence-corrected chi connectivity index (χ4v) is 5.93. The van der Waals surface area contributed by atoms with Gasteiger partial charge in [-0.05, 0) is 29.6 Å². The van der Waals surface area contributed by atoms with Crippen molar-refractivity contribution in [2.75, 3.05) is 11.5 Å². The van der Waals surface area contributed by atoms with Gasteiger partial charge in [-0.2, -0.15) is 0 Å². The number of hydrogen-bond acceptors (Lipinski definition) is 9. The molecule has 0 bridgehead atoms. The van der Waals surface area contributed by atoms with Gasteiger partial charge in [-0.3, -0.25) is 19.3 Å². The highest BCUT2D eigenvalue weighted by molar-refractivity contribution is 7.98. The fourth-order valence-electron chi connectivity index (χ4n) is 4.19. The maximum atomic E-state index is 14.0. The van der Waals surface area contributed by atoms with Crippen LogP contribution >= 0.6 is 23.3 Å². The highest BCUT2D eigenvalue weighted by atomic mass is 32.2. The second-order valence-electron chi connectivity index (χ2n) is 8.13. The molecule has 10 nitrogen and oxygen atoms in total. The van der Waals surface area contributed by atoms with Crippen LogP contribution in [0.2, 0.25) is 0 Å². The first-order chi connectivity index (χ1) is 17.9. The molecule has 5 N–H and O–H groups in total. The molecular formula is C25H21N5O5S2. The van der Waals surface area contributed by atoms with Gasteiger partial charge in [0.15, 0.2) is 11.4 Å². The largest absolute Gasteiger partial charge is 0.505 e. The maximum Gasteiger partial charge on any atom is 0.279 e. The molecule has 4 aromatic rings. The van der Waals surface area contributed by atoms with Crippen molar-refractivity contribution in [3.63, 3.8) is 0 Å². The summed E-state index contributed by atoms with van der Waals surface area (Å²) in [6, 6.07) is 14.3. The van der Waals surface area contributed by atoms with Gasteiger partial charge in [0.25, 0.3) is 11.5 Å². The van der Waals surface area contributed by atoms with Crippen molar-refractivity contribution in [3.8, 4) is 5.75 Å². The van der Waals surface area contributed by atoms with Gasteiger partial charge in [0.1, 0.15) is 11.0 Å². The summed E-state index contributed by atoms with van der Waals surface area (Å²) < 4.78 is 4.27. The smallest absolute Gasteiger partial charge is 0.279 e. The van der Waals surface area contributed by atoms with Gasteiger partial charge in [0, 0.05) is 10.8 Å². The quantitative estimate of drug-likeness (QED) is 0.266. The van der Waals surface area contributed by atoms with Crippen LogP contribution in [0, 0.1) is 0 Å². The predicted molar refractivity (Wildman–Crippen MR) is 144 cm³/mol. The van der Waals surface area contributed by atoms with Gasteiger partial charge in [0.05, 0.1) is 35.5 Å². The minimum atomic E-state index is -1.61. The van der Waals surface area contributed by atoms with E-state index in [-0.39, 0.29) is 12.1 Å². The van der Waals surface area contributed by atoms with Crippen LogP contribution in [0.1, 0.15) is 15.9 Å². The van der Waals surface area contributed by atoms with Crippen LogP contribution in [-0.2, 0) is 11.3 Å². The summed E-state index contributed by atoms with van der Waals surface area (Å²) in [7, 11) is 0. The Morgan fingerprint density at radius 1 is 1.14 bits per heavy atom. The number of fused-ring (bicyclic) bond motifs is 2. The summed E-state index contributed by atoms with van der Waals surface area (Å²) in [4.78, 5) is 45.9. The molecule has 0 radical (unpaired) electrons. The molecule has 0 spiro atoms. The molecule has 12 heteroatoms. The summed E-state index contributed by atoms with van der Waals surface area (Å²) in [5.74, 6) is -2.31. The van der Waals surface area contributed by atoms with Gasteiger partial charge in [0.2, 0.25) is 5.91 Å². The lowest BCUT2D eigenvalue weighted by molar-refractivity contribution is -0.120. The van der Waals surface area contributed by atoms with Crippen molar-refractivity contribution in [2.45, 2.75) is 17.5 Å². The average Bonchev–Trinajstić information content (AvgIpc) is 3.35. The van der Waals surface area contributed by atoms with E-state index in [1.807, 2.05) is 30.3 Å². The zero-order valence-corrected chi connectivity index (χ0v) is 20.8. The molecule has 5 rings (SSSR count). The number of hydrogen-bond donors (Lipinski definition) is 4. The Bertz CT molecular complexity index is 1600. The van der Waals surface area contributed by atoms with E-state index in [9.17, 15) is 24.6 Å². The molecule has 0 fully saturated rings. The number of aliphatic hydroxyl groups is 1. The summed E-state index contributed by atoms with van der Waals surface area (Å²) in [6.07, 6.45) is 1.48. The van der Waals surface area contributed by atoms with Crippen molar-refractivity contribution < 1.29 is 19.8 Å². The lowest BCUT2D eigenvalue weighted by Gasteiger charge is -2.30. The number of thiophene rings is 1. The Kier molecular flexibility index (Phi) is 6.70. The van der Waals surface area contributed by atoms with E-state index in [1.54, 1.807) is 29.6 Å². The van der Waals surface area contributed by atoms with E-state index in [4.69, 9.17) is 5.73 Å². The molecule has 188 valence electrons. The second kappa shape index (κ2) is 10.1. The first-order valence-electron chi connectivity index (χ1n) is 11.1. The van der Waals surface area contributed by atoms with Crippen molar-refractivity contribution in [2.24, 2.45) is 10.7 Å². The molecule has 0 saturated heterocycles. The molecule has 0 aliphatic carbocycles. The first-order valence-corrected chi connectivity index (χ1v) is 12.8. The van der Waals surface area contributed by atoms with E-state index in [0.717, 1.165) is 22.4 Å². The molecule has 1 aliphatic rings. The fraction of sp³-hybridized carbons (Fsp3) is 0.120. The Hall–Kier alpha value is -4.13. The Balaban J connectivity index is 1.77. The first kappa shape index (κ1) is 24.6. The van der Waals surface area contributed by atoms with Crippen LogP contribution in [-0.4, -0.2) is 45.6 Å². The zero-order chi connectivity index (χ0) is 26.1. The number of para-hydroxylation sites is 1. The van der Waals surface area contributed by atoms with Gasteiger partial charge < -0.3 is 25.2 Å². The Morgan fingerprint density at radius 2 is 1.86 bits per heavy atom. The molecule has 0 unspecified atom stereocenters. The van der Waals surface area contributed by atoms with E-state index in [2.05, 4.69) is 9.71 Å². The predicted octanol–water partition coefficient (Wildman–Crippen LogP) is 2.58. The number of rotatable bonds is 7. The van der Waals surface area contributed by atoms with Crippen LogP contribution in [0.4, 0.5) is 10.7 Å². The van der Waals surface area contributed by atoms with Crippen LogP contribution in [0.5, 0.6) is 5.75 Å². The van der Waals surface area contributed by atoms with E-state index in [0.29, 0.717) is 20.8 Å². The standard InChI is InChI=1S/C25H21N5O5S2/c26-22(33)18(11-31)30(24(34)16-12-36-23-21(16)37-28-13-27-23)19-20(32)15-8-4-5-9-17(15)29(25(19)35)10-14-6-2-1-3-7-14/h1-9,12-13,18,31-32H,10-11H2,(H2,26,33)(H,27,28)/t18-/m0/s1. The highest BCUT2D eigenvalue weighted by Crippen LogP contribution is 2.41. The molecule has 2 amide bonds. The number of aromatic nitrogens is 1. The van der Waals surface area contributed by atoms with Crippen LogP contribution < -0.4 is 20.9 Å². The topological polar surface area (TPSA) is 150 Å². The van der Waals surface area contributed by atoms with E-state index >= 15 is 0 Å². The third kappa shape index (κ3) is 4.35. The molecular weight excluding hydrogens is 514 g/mol. The lowest BCUT2D eigenvalue weighted by atomic mass is 10.1. The number of nitrogens with one attached hydrogen (secondary N) is 1. The van der Waals surface area contributed by atoms with Crippen molar-refractivity contribution in [3.05, 3.63) is 81.5 Å². The molecule has 2 aromatic heterocycles. The van der Waals surface area contributed by atoms with E-state index < -0.39 is 41.5 Å². The third-order valence-electron chi connectivity index (χ3n) is 5.93. The van der Waals surface area contributed by atoms with Gasteiger partial charge in [-0.1, -0.05) is 42.5 Å². The summed E-state index contributed by atoms with van der Waals surface area (Å²) in [6.45, 7) is -0.723. The van der Waals surface area contributed by atoms with Crippen molar-refractivity contribution >= 4 is 63.0 Å². The van der Waals surface area contributed by atoms with Crippen LogP contribution in [0.15, 0.2) is 74.7 Å². The number of aliphatic imine (C=N–C) groups is 1. The molecule has 0 saturated carbocycles. The van der Waals surface area contributed by atoms with Gasteiger partial charge in [-0.15, -0.1) is 11.3 Å². The number of amides is 2. The SMILES string of the molecule is NC(=O)[C@H](CO)N(C(=O)c1csc2c1SNC=N2)c1c(O)c2ccccc2n(Cc2ccccc2)c1=O. The van der Waals surface area contributed by atoms with Crippen molar-refractivity contribution in [1.29, 1.82) is 0 Å². The number of primary amides is 1. The Labute approximate surface area is 218 Å². The highest BCUT2D eigenvalue weighted by Gasteiger charge is 2.37. The summed E-state index contributed by atoms with van der Waals surface area (Å²) >= 11 is 2.35. The normalized spacial score (nSPS) is 13.1. The lowest BCUT2D eigenvalue weighted by Crippen LogP contribution is -2.52. The second-order valence-corrected chi connectivity index (χ2v) is 9.84. The van der Waals surface area contributed by atoms with E-state index in [1.165, 1.54) is 22.2 Å². The molecule has 1 atom stereocenters. The van der Waals surface area contributed by atoms with Crippen molar-refractivity contribution in [1.82, 2.24) is 9.29 Å². The number of nitrogens with zero attached hydrogens (tertiary/aromatic N) is 3. The zero-order valence-electron chi connectivity index (χ0n) is 19.2. The number of anilines is 1. The molecule has 2 aromatic carbocycles.